The molecule has 0 fully saturated rings. The molecule has 0 aliphatic carbocycles. The topological polar surface area (TPSA) is 54.4 Å². The minimum absolute atomic E-state index is 0.0738. The van der Waals surface area contributed by atoms with Crippen molar-refractivity contribution in [2.75, 3.05) is 0 Å². The molecule has 0 spiro atoms. The van der Waals surface area contributed by atoms with Crippen LogP contribution in [0.2, 0.25) is 0 Å². The molecular weight excluding hydrogens is 284 g/mol. The Balaban J connectivity index is 2.14. The zero-order valence-electron chi connectivity index (χ0n) is 11.1. The van der Waals surface area contributed by atoms with Crippen molar-refractivity contribution in [1.82, 2.24) is 0 Å². The van der Waals surface area contributed by atoms with E-state index in [1.54, 1.807) is 18.2 Å². The number of fused-ring (bicyclic) bond motifs is 1. The molecule has 0 aliphatic heterocycles. The zero-order valence-corrected chi connectivity index (χ0v) is 11.9. The maximum absolute atomic E-state index is 12.7. The van der Waals surface area contributed by atoms with Gasteiger partial charge in [-0.3, -0.25) is 9.59 Å². The third-order valence-electron chi connectivity index (χ3n) is 3.25. The number of thiophene rings is 1. The molecule has 0 radical (unpaired) electrons. The van der Waals surface area contributed by atoms with Crippen LogP contribution in [0.1, 0.15) is 21.5 Å². The first-order valence-corrected chi connectivity index (χ1v) is 7.35. The Hall–Kier alpha value is -2.46. The van der Waals surface area contributed by atoms with Crippen LogP contribution in [0.15, 0.2) is 53.9 Å². The highest BCUT2D eigenvalue weighted by Crippen LogP contribution is 2.28. The molecule has 104 valence electrons. The lowest BCUT2D eigenvalue weighted by Crippen LogP contribution is -2.05. The van der Waals surface area contributed by atoms with Crippen molar-refractivity contribution in [1.29, 1.82) is 0 Å². The summed E-state index contributed by atoms with van der Waals surface area (Å²) in [5, 5.41) is 11.8. The molecule has 1 N–H and O–H groups in total. The lowest BCUT2D eigenvalue weighted by molar-refractivity contribution is -0.136. The van der Waals surface area contributed by atoms with Gasteiger partial charge in [0.05, 0.1) is 6.42 Å². The smallest absolute Gasteiger partial charge is 0.307 e. The number of hydrogen-bond acceptors (Lipinski definition) is 3. The fraction of sp³-hybridized carbons (Fsp3) is 0.0588. The summed E-state index contributed by atoms with van der Waals surface area (Å²) in [6.07, 6.45) is -0.0825. The molecule has 2 aromatic carbocycles. The lowest BCUT2D eigenvalue weighted by Gasteiger charge is -2.06. The molecule has 0 saturated heterocycles. The molecule has 21 heavy (non-hydrogen) atoms. The van der Waals surface area contributed by atoms with Gasteiger partial charge >= 0.3 is 5.97 Å². The Kier molecular flexibility index (Phi) is 3.54. The highest BCUT2D eigenvalue weighted by Gasteiger charge is 2.15. The Morgan fingerprint density at radius 2 is 1.81 bits per heavy atom. The Labute approximate surface area is 125 Å². The summed E-state index contributed by atoms with van der Waals surface area (Å²) in [7, 11) is 0. The van der Waals surface area contributed by atoms with Crippen LogP contribution in [0, 0.1) is 0 Å². The van der Waals surface area contributed by atoms with Gasteiger partial charge in [0.1, 0.15) is 0 Å². The van der Waals surface area contributed by atoms with Crippen molar-refractivity contribution in [3.8, 4) is 0 Å². The van der Waals surface area contributed by atoms with Crippen molar-refractivity contribution in [3.05, 3.63) is 70.6 Å². The van der Waals surface area contributed by atoms with E-state index in [9.17, 15) is 9.59 Å². The Bertz CT molecular complexity index is 818. The van der Waals surface area contributed by atoms with E-state index in [4.69, 9.17) is 5.11 Å². The zero-order chi connectivity index (χ0) is 14.8. The monoisotopic (exact) mass is 296 g/mol. The van der Waals surface area contributed by atoms with Crippen LogP contribution in [0.5, 0.6) is 0 Å². The fourth-order valence-corrected chi connectivity index (χ4v) is 3.23. The highest BCUT2D eigenvalue weighted by molar-refractivity contribution is 7.17. The maximum Gasteiger partial charge on any atom is 0.307 e. The van der Waals surface area contributed by atoms with Crippen LogP contribution >= 0.6 is 11.3 Å². The summed E-state index contributed by atoms with van der Waals surface area (Å²) >= 11 is 1.50. The van der Waals surface area contributed by atoms with Gasteiger partial charge in [0.2, 0.25) is 0 Å². The lowest BCUT2D eigenvalue weighted by atomic mass is 9.98. The van der Waals surface area contributed by atoms with E-state index in [0.717, 1.165) is 10.1 Å². The molecule has 4 heteroatoms. The number of carbonyl (C=O) groups is 2. The first-order chi connectivity index (χ1) is 10.1. The maximum atomic E-state index is 12.7. The molecule has 0 atom stereocenters. The first-order valence-electron chi connectivity index (χ1n) is 6.47. The molecule has 0 aliphatic rings. The van der Waals surface area contributed by atoms with Crippen molar-refractivity contribution in [2.45, 2.75) is 6.42 Å². The molecule has 3 rings (SSSR count). The largest absolute Gasteiger partial charge is 0.481 e. The number of hydrogen-bond donors (Lipinski definition) is 1. The van der Waals surface area contributed by atoms with Crippen molar-refractivity contribution in [2.24, 2.45) is 0 Å². The molecular formula is C17H12O3S. The summed E-state index contributed by atoms with van der Waals surface area (Å²) in [6.45, 7) is 0. The summed E-state index contributed by atoms with van der Waals surface area (Å²) in [4.78, 5) is 23.6. The average Bonchev–Trinajstić information content (AvgIpc) is 2.94. The number of benzene rings is 2. The second-order valence-corrected chi connectivity index (χ2v) is 5.66. The van der Waals surface area contributed by atoms with Crippen LogP contribution in [0.4, 0.5) is 0 Å². The number of ketones is 1. The fourth-order valence-electron chi connectivity index (χ4n) is 2.33. The van der Waals surface area contributed by atoms with Gasteiger partial charge in [-0.25, -0.2) is 0 Å². The quantitative estimate of drug-likeness (QED) is 0.746. The molecule has 1 aromatic heterocycles. The van der Waals surface area contributed by atoms with Crippen LogP contribution < -0.4 is 0 Å². The van der Waals surface area contributed by atoms with E-state index >= 15 is 0 Å². The molecule has 3 nitrogen and oxygen atoms in total. The van der Waals surface area contributed by atoms with Gasteiger partial charge in [-0.2, -0.15) is 0 Å². The van der Waals surface area contributed by atoms with Crippen molar-refractivity contribution in [3.63, 3.8) is 0 Å². The molecule has 0 saturated carbocycles. The third-order valence-corrected chi connectivity index (χ3v) is 4.21. The molecule has 1 heterocycles. The number of carbonyl (C=O) groups excluding carboxylic acids is 1. The number of carboxylic acid groups (broad SMARTS) is 1. The standard InChI is InChI=1S/C17H12O3S/c18-15(19)10-11-8-13-6-7-21-17(13)14(9-11)16(20)12-4-2-1-3-5-12/h1-9H,10H2,(H,18,19). The van der Waals surface area contributed by atoms with Crippen LogP contribution in [0.3, 0.4) is 0 Å². The molecule has 3 aromatic rings. The number of carboxylic acids is 1. The Morgan fingerprint density at radius 1 is 1.05 bits per heavy atom. The number of aliphatic carboxylic acids is 1. The SMILES string of the molecule is O=C(O)Cc1cc(C(=O)c2ccccc2)c2sccc2c1. The van der Waals surface area contributed by atoms with Gasteiger partial charge in [-0.1, -0.05) is 30.3 Å². The van der Waals surface area contributed by atoms with E-state index in [-0.39, 0.29) is 12.2 Å². The van der Waals surface area contributed by atoms with E-state index in [1.807, 2.05) is 35.7 Å². The predicted octanol–water partition coefficient (Wildman–Crippen LogP) is 3.76. The van der Waals surface area contributed by atoms with Crippen LogP contribution in [0.25, 0.3) is 10.1 Å². The molecule has 0 unspecified atom stereocenters. The van der Waals surface area contributed by atoms with Gasteiger partial charge in [-0.15, -0.1) is 11.3 Å². The highest BCUT2D eigenvalue weighted by atomic mass is 32.1. The summed E-state index contributed by atoms with van der Waals surface area (Å²) < 4.78 is 0.901. The van der Waals surface area contributed by atoms with E-state index in [0.29, 0.717) is 16.7 Å². The summed E-state index contributed by atoms with van der Waals surface area (Å²) in [5.41, 5.74) is 1.83. The average molecular weight is 296 g/mol. The van der Waals surface area contributed by atoms with Gasteiger partial charge in [0.25, 0.3) is 0 Å². The predicted molar refractivity (Wildman–Crippen MR) is 83.0 cm³/mol. The minimum Gasteiger partial charge on any atom is -0.481 e. The molecule has 0 bridgehead atoms. The van der Waals surface area contributed by atoms with Crippen molar-refractivity contribution >= 4 is 33.2 Å². The normalized spacial score (nSPS) is 10.7. The Morgan fingerprint density at radius 3 is 2.52 bits per heavy atom. The third kappa shape index (κ3) is 2.71. The summed E-state index contributed by atoms with van der Waals surface area (Å²) in [5.74, 6) is -0.974. The first kappa shape index (κ1) is 13.5. The second kappa shape index (κ2) is 5.50. The van der Waals surface area contributed by atoms with Crippen molar-refractivity contribution < 1.29 is 14.7 Å². The van der Waals surface area contributed by atoms with Crippen LogP contribution in [-0.4, -0.2) is 16.9 Å². The second-order valence-electron chi connectivity index (χ2n) is 4.75. The minimum atomic E-state index is -0.900. The van der Waals surface area contributed by atoms with Gasteiger partial charge in [-0.05, 0) is 34.5 Å². The van der Waals surface area contributed by atoms with Gasteiger partial charge in [0, 0.05) is 15.8 Å². The van der Waals surface area contributed by atoms with Crippen LogP contribution in [-0.2, 0) is 11.2 Å². The van der Waals surface area contributed by atoms with E-state index < -0.39 is 5.97 Å². The van der Waals surface area contributed by atoms with Gasteiger partial charge < -0.3 is 5.11 Å². The van der Waals surface area contributed by atoms with E-state index in [1.165, 1.54) is 11.3 Å². The number of rotatable bonds is 4. The van der Waals surface area contributed by atoms with Gasteiger partial charge in [0.15, 0.2) is 5.78 Å². The van der Waals surface area contributed by atoms with E-state index in [2.05, 4.69) is 0 Å². The summed E-state index contributed by atoms with van der Waals surface area (Å²) in [6, 6.07) is 14.5. The molecule has 0 amide bonds.